The van der Waals surface area contributed by atoms with Crippen molar-refractivity contribution in [3.05, 3.63) is 71.3 Å². The number of rotatable bonds is 4. The van der Waals surface area contributed by atoms with Gasteiger partial charge in [0.2, 0.25) is 0 Å². The Hall–Kier alpha value is -3.61. The molecule has 144 valence electrons. The maximum absolute atomic E-state index is 14.4. The van der Waals surface area contributed by atoms with E-state index in [4.69, 9.17) is 10.5 Å². The van der Waals surface area contributed by atoms with Gasteiger partial charge in [-0.15, -0.1) is 0 Å². The summed E-state index contributed by atoms with van der Waals surface area (Å²) in [5.74, 6) is -1.98. The van der Waals surface area contributed by atoms with E-state index < -0.39 is 11.6 Å². The molecule has 0 atom stereocenters. The predicted molar refractivity (Wildman–Crippen MR) is 103 cm³/mol. The molecule has 0 saturated heterocycles. The lowest BCUT2D eigenvalue weighted by Gasteiger charge is -2.19. The molecule has 4 N–H and O–H groups in total. The molecule has 0 bridgehead atoms. The van der Waals surface area contributed by atoms with Crippen molar-refractivity contribution in [3.63, 3.8) is 0 Å². The van der Waals surface area contributed by atoms with Crippen molar-refractivity contribution in [1.82, 2.24) is 0 Å². The summed E-state index contributed by atoms with van der Waals surface area (Å²) in [5, 5.41) is 21.9. The second kappa shape index (κ2) is 7.56. The molecular formula is C21H18F2N2O3. The summed E-state index contributed by atoms with van der Waals surface area (Å²) in [4.78, 5) is 0. The Morgan fingerprint density at radius 3 is 2.32 bits per heavy atom. The molecule has 0 aliphatic rings. The normalized spacial score (nSPS) is 11.5. The molecule has 5 nitrogen and oxygen atoms in total. The summed E-state index contributed by atoms with van der Waals surface area (Å²) in [6.45, 7) is 1.81. The van der Waals surface area contributed by atoms with Gasteiger partial charge in [-0.05, 0) is 47.9 Å². The molecule has 0 radical (unpaired) electrons. The van der Waals surface area contributed by atoms with Gasteiger partial charge >= 0.3 is 0 Å². The zero-order valence-electron chi connectivity index (χ0n) is 15.2. The first-order chi connectivity index (χ1) is 13.3. The lowest BCUT2D eigenvalue weighted by atomic mass is 9.87. The zero-order valence-corrected chi connectivity index (χ0v) is 15.2. The van der Waals surface area contributed by atoms with Crippen LogP contribution in [0, 0.1) is 18.6 Å². The SMILES string of the molecule is COc1c(F)cc(F)cc1-c1c(/C(N)=N/O)cc(C)cc1-c1ccc(O)cc1. The van der Waals surface area contributed by atoms with Gasteiger partial charge in [-0.3, -0.25) is 0 Å². The molecule has 0 amide bonds. The van der Waals surface area contributed by atoms with Crippen LogP contribution in [0.5, 0.6) is 11.5 Å². The maximum atomic E-state index is 14.4. The first-order valence-corrected chi connectivity index (χ1v) is 8.31. The number of phenolic OH excluding ortho intramolecular Hbond substituents is 1. The predicted octanol–water partition coefficient (Wildman–Crippen LogP) is 4.42. The first-order valence-electron chi connectivity index (χ1n) is 8.31. The molecule has 0 spiro atoms. The summed E-state index contributed by atoms with van der Waals surface area (Å²) >= 11 is 0. The van der Waals surface area contributed by atoms with Crippen molar-refractivity contribution < 1.29 is 23.8 Å². The Labute approximate surface area is 160 Å². The van der Waals surface area contributed by atoms with Gasteiger partial charge in [-0.2, -0.15) is 0 Å². The molecule has 0 saturated carbocycles. The van der Waals surface area contributed by atoms with Crippen LogP contribution < -0.4 is 10.5 Å². The van der Waals surface area contributed by atoms with E-state index in [1.807, 2.05) is 6.92 Å². The average molecular weight is 384 g/mol. The molecule has 0 fully saturated rings. The van der Waals surface area contributed by atoms with Gasteiger partial charge in [0, 0.05) is 22.8 Å². The lowest BCUT2D eigenvalue weighted by Crippen LogP contribution is -2.15. The van der Waals surface area contributed by atoms with Crippen LogP contribution in [0.3, 0.4) is 0 Å². The number of benzene rings is 3. The summed E-state index contributed by atoms with van der Waals surface area (Å²) in [6.07, 6.45) is 0. The minimum atomic E-state index is -0.875. The number of hydrogen-bond acceptors (Lipinski definition) is 4. The van der Waals surface area contributed by atoms with Gasteiger partial charge in [0.05, 0.1) is 7.11 Å². The number of halogens is 2. The first kappa shape index (κ1) is 19.2. The highest BCUT2D eigenvalue weighted by Crippen LogP contribution is 2.42. The molecule has 3 aromatic rings. The van der Waals surface area contributed by atoms with Crippen LogP contribution in [0.2, 0.25) is 0 Å². The van der Waals surface area contributed by atoms with E-state index >= 15 is 0 Å². The van der Waals surface area contributed by atoms with Crippen LogP contribution in [-0.4, -0.2) is 23.3 Å². The highest BCUT2D eigenvalue weighted by atomic mass is 19.1. The van der Waals surface area contributed by atoms with E-state index in [1.165, 1.54) is 19.2 Å². The number of ether oxygens (including phenoxy) is 1. The van der Waals surface area contributed by atoms with E-state index in [-0.39, 0.29) is 28.5 Å². The number of phenols is 1. The lowest BCUT2D eigenvalue weighted by molar-refractivity contribution is 0.318. The molecule has 3 aromatic carbocycles. The number of aryl methyl sites for hydroxylation is 1. The summed E-state index contributed by atoms with van der Waals surface area (Å²) in [7, 11) is 1.28. The third kappa shape index (κ3) is 3.46. The van der Waals surface area contributed by atoms with Crippen molar-refractivity contribution in [2.75, 3.05) is 7.11 Å². The monoisotopic (exact) mass is 384 g/mol. The molecule has 28 heavy (non-hydrogen) atoms. The Morgan fingerprint density at radius 1 is 1.04 bits per heavy atom. The fourth-order valence-electron chi connectivity index (χ4n) is 3.15. The third-order valence-electron chi connectivity index (χ3n) is 4.33. The van der Waals surface area contributed by atoms with Gasteiger partial charge in [0.25, 0.3) is 0 Å². The Kier molecular flexibility index (Phi) is 5.17. The molecule has 7 heteroatoms. The topological polar surface area (TPSA) is 88.1 Å². The second-order valence-electron chi connectivity index (χ2n) is 6.24. The summed E-state index contributed by atoms with van der Waals surface area (Å²) in [5.41, 5.74) is 8.63. The summed E-state index contributed by atoms with van der Waals surface area (Å²) in [6, 6.07) is 11.6. The minimum Gasteiger partial charge on any atom is -0.508 e. The van der Waals surface area contributed by atoms with E-state index in [1.54, 1.807) is 24.3 Å². The molecule has 0 unspecified atom stereocenters. The standard InChI is InChI=1S/C21H18F2N2O3/c1-11-7-15(12-3-5-14(26)6-4-12)19(17(8-11)21(24)25-27)16-9-13(22)10-18(23)20(16)28-2/h3-10,26-27H,1-2H3,(H2,24,25). The Morgan fingerprint density at radius 2 is 1.71 bits per heavy atom. The van der Waals surface area contributed by atoms with Gasteiger partial charge in [0.15, 0.2) is 17.4 Å². The molecule has 0 heterocycles. The van der Waals surface area contributed by atoms with Crippen LogP contribution >= 0.6 is 0 Å². The number of oxime groups is 1. The smallest absolute Gasteiger partial charge is 0.170 e. The quantitative estimate of drug-likeness (QED) is 0.269. The van der Waals surface area contributed by atoms with Gasteiger partial charge in [-0.25, -0.2) is 8.78 Å². The van der Waals surface area contributed by atoms with E-state index in [2.05, 4.69) is 5.16 Å². The fourth-order valence-corrected chi connectivity index (χ4v) is 3.15. The number of hydrogen-bond donors (Lipinski definition) is 3. The van der Waals surface area contributed by atoms with E-state index in [0.29, 0.717) is 16.7 Å². The maximum Gasteiger partial charge on any atom is 0.170 e. The van der Waals surface area contributed by atoms with E-state index in [0.717, 1.165) is 17.7 Å². The Balaban J connectivity index is 2.47. The largest absolute Gasteiger partial charge is 0.508 e. The van der Waals surface area contributed by atoms with E-state index in [9.17, 15) is 19.1 Å². The number of aromatic hydroxyl groups is 1. The van der Waals surface area contributed by atoms with Crippen molar-refractivity contribution in [2.45, 2.75) is 6.92 Å². The van der Waals surface area contributed by atoms with Crippen LogP contribution in [0.15, 0.2) is 53.7 Å². The third-order valence-corrected chi connectivity index (χ3v) is 4.33. The fraction of sp³-hybridized carbons (Fsp3) is 0.0952. The average Bonchev–Trinajstić information content (AvgIpc) is 2.66. The van der Waals surface area contributed by atoms with Crippen LogP contribution in [0.25, 0.3) is 22.3 Å². The van der Waals surface area contributed by atoms with Crippen molar-refractivity contribution in [2.24, 2.45) is 10.9 Å². The summed E-state index contributed by atoms with van der Waals surface area (Å²) < 4.78 is 33.6. The van der Waals surface area contributed by atoms with Gasteiger partial charge in [-0.1, -0.05) is 23.4 Å². The highest BCUT2D eigenvalue weighted by Gasteiger charge is 2.22. The van der Waals surface area contributed by atoms with Gasteiger partial charge < -0.3 is 20.8 Å². The number of nitrogens with zero attached hydrogens (tertiary/aromatic N) is 1. The van der Waals surface area contributed by atoms with Crippen LogP contribution in [0.4, 0.5) is 8.78 Å². The van der Waals surface area contributed by atoms with Crippen molar-refractivity contribution in [1.29, 1.82) is 0 Å². The number of methoxy groups -OCH3 is 1. The number of nitrogens with two attached hydrogens (primary N) is 1. The van der Waals surface area contributed by atoms with Gasteiger partial charge in [0.1, 0.15) is 11.6 Å². The molecule has 0 aliphatic heterocycles. The second-order valence-corrected chi connectivity index (χ2v) is 6.24. The molecule has 0 aromatic heterocycles. The zero-order chi connectivity index (χ0) is 20.4. The van der Waals surface area contributed by atoms with Crippen LogP contribution in [0.1, 0.15) is 11.1 Å². The molecule has 3 rings (SSSR count). The highest BCUT2D eigenvalue weighted by molar-refractivity contribution is 6.07. The van der Waals surface area contributed by atoms with Crippen LogP contribution in [-0.2, 0) is 0 Å². The molecular weight excluding hydrogens is 366 g/mol. The minimum absolute atomic E-state index is 0.0731. The number of amidine groups is 1. The van der Waals surface area contributed by atoms with Crippen molar-refractivity contribution in [3.8, 4) is 33.8 Å². The Bertz CT molecular complexity index is 1060. The molecule has 0 aliphatic carbocycles. The van der Waals surface area contributed by atoms with Crippen molar-refractivity contribution >= 4 is 5.84 Å².